The maximum atomic E-state index is 9.62. The molecule has 2 heterocycles. The number of halogens is 1. The molecule has 0 amide bonds. The Bertz CT molecular complexity index is 321. The summed E-state index contributed by atoms with van der Waals surface area (Å²) in [5, 5.41) is 13.0. The van der Waals surface area contributed by atoms with Crippen molar-refractivity contribution < 1.29 is 5.11 Å². The Morgan fingerprint density at radius 1 is 1.60 bits per heavy atom. The zero-order valence-corrected chi connectivity index (χ0v) is 9.50. The summed E-state index contributed by atoms with van der Waals surface area (Å²) in [6, 6.07) is 3.87. The summed E-state index contributed by atoms with van der Waals surface area (Å²) in [6.45, 7) is 4.86. The predicted octanol–water partition coefficient (Wildman–Crippen LogP) is 1.01. The molecular formula is C10H16ClN3O. The van der Waals surface area contributed by atoms with Gasteiger partial charge in [-0.3, -0.25) is 0 Å². The zero-order chi connectivity index (χ0) is 9.97. The van der Waals surface area contributed by atoms with Crippen LogP contribution in [-0.2, 0) is 0 Å². The van der Waals surface area contributed by atoms with Crippen LogP contribution in [0, 0.1) is 0 Å². The van der Waals surface area contributed by atoms with Gasteiger partial charge in [0.2, 0.25) is 0 Å². The van der Waals surface area contributed by atoms with Crippen LogP contribution >= 0.6 is 12.4 Å². The van der Waals surface area contributed by atoms with Crippen LogP contribution in [0.3, 0.4) is 0 Å². The van der Waals surface area contributed by atoms with Crippen LogP contribution in [0.2, 0.25) is 0 Å². The van der Waals surface area contributed by atoms with Crippen molar-refractivity contribution in [3.05, 3.63) is 18.3 Å². The van der Waals surface area contributed by atoms with Crippen LogP contribution in [0.4, 0.5) is 5.82 Å². The van der Waals surface area contributed by atoms with Crippen molar-refractivity contribution in [1.82, 2.24) is 10.3 Å². The second kappa shape index (κ2) is 5.19. The summed E-state index contributed by atoms with van der Waals surface area (Å²) in [7, 11) is 0. The zero-order valence-electron chi connectivity index (χ0n) is 8.68. The Hall–Kier alpha value is -1.00. The molecule has 1 saturated heterocycles. The fourth-order valence-corrected chi connectivity index (χ4v) is 1.76. The largest absolute Gasteiger partial charge is 0.504 e. The first-order valence-electron chi connectivity index (χ1n) is 4.89. The van der Waals surface area contributed by atoms with Crippen LogP contribution < -0.4 is 10.2 Å². The van der Waals surface area contributed by atoms with Crippen LogP contribution in [0.25, 0.3) is 0 Å². The van der Waals surface area contributed by atoms with Crippen molar-refractivity contribution in [3.63, 3.8) is 0 Å². The highest BCUT2D eigenvalue weighted by Crippen LogP contribution is 2.23. The molecule has 1 aromatic rings. The molecule has 0 spiro atoms. The van der Waals surface area contributed by atoms with Crippen molar-refractivity contribution in [2.24, 2.45) is 0 Å². The highest BCUT2D eigenvalue weighted by Gasteiger charge is 2.18. The van der Waals surface area contributed by atoms with E-state index in [0.717, 1.165) is 19.6 Å². The van der Waals surface area contributed by atoms with Crippen molar-refractivity contribution in [3.8, 4) is 5.75 Å². The quantitative estimate of drug-likeness (QED) is 0.755. The standard InChI is InChI=1S/C10H15N3O.ClH/c1-8-7-13(6-5-11-8)10-9(14)3-2-4-12-10;/h2-4,8,11,14H,5-7H2,1H3;1H. The van der Waals surface area contributed by atoms with E-state index in [0.29, 0.717) is 11.9 Å². The van der Waals surface area contributed by atoms with Crippen LogP contribution in [0.15, 0.2) is 18.3 Å². The number of aromatic hydroxyl groups is 1. The van der Waals surface area contributed by atoms with Gasteiger partial charge in [0.1, 0.15) is 0 Å². The second-order valence-corrected chi connectivity index (χ2v) is 3.65. The Labute approximate surface area is 95.7 Å². The SMILES string of the molecule is CC1CN(c2ncccc2O)CCN1.Cl. The molecule has 4 nitrogen and oxygen atoms in total. The van der Waals surface area contributed by atoms with Gasteiger partial charge in [0.15, 0.2) is 11.6 Å². The number of pyridine rings is 1. The lowest BCUT2D eigenvalue weighted by Crippen LogP contribution is -2.49. The number of piperazine rings is 1. The summed E-state index contributed by atoms with van der Waals surface area (Å²) in [5.41, 5.74) is 0. The molecule has 1 unspecified atom stereocenters. The molecule has 0 saturated carbocycles. The van der Waals surface area contributed by atoms with Gasteiger partial charge in [0.05, 0.1) is 0 Å². The molecule has 0 radical (unpaired) electrons. The van der Waals surface area contributed by atoms with E-state index in [1.54, 1.807) is 18.3 Å². The molecule has 1 aliphatic rings. The fourth-order valence-electron chi connectivity index (χ4n) is 1.76. The lowest BCUT2D eigenvalue weighted by molar-refractivity contribution is 0.452. The Kier molecular flexibility index (Phi) is 4.17. The molecule has 1 atom stereocenters. The summed E-state index contributed by atoms with van der Waals surface area (Å²) in [5.74, 6) is 0.961. The predicted molar refractivity (Wildman–Crippen MR) is 62.8 cm³/mol. The Morgan fingerprint density at radius 3 is 3.07 bits per heavy atom. The van der Waals surface area contributed by atoms with Crippen molar-refractivity contribution in [1.29, 1.82) is 0 Å². The van der Waals surface area contributed by atoms with E-state index in [4.69, 9.17) is 0 Å². The summed E-state index contributed by atoms with van der Waals surface area (Å²) < 4.78 is 0. The average molecular weight is 230 g/mol. The third-order valence-corrected chi connectivity index (χ3v) is 2.43. The van der Waals surface area contributed by atoms with Crippen LogP contribution in [0.1, 0.15) is 6.92 Å². The first-order chi connectivity index (χ1) is 6.77. The van der Waals surface area contributed by atoms with E-state index in [-0.39, 0.29) is 18.2 Å². The maximum absolute atomic E-state index is 9.62. The molecule has 0 aromatic carbocycles. The monoisotopic (exact) mass is 229 g/mol. The lowest BCUT2D eigenvalue weighted by atomic mass is 10.2. The van der Waals surface area contributed by atoms with Gasteiger partial charge in [0, 0.05) is 31.9 Å². The van der Waals surface area contributed by atoms with E-state index in [9.17, 15) is 5.11 Å². The fraction of sp³-hybridized carbons (Fsp3) is 0.500. The molecule has 2 N–H and O–H groups in total. The molecular weight excluding hydrogens is 214 g/mol. The van der Waals surface area contributed by atoms with Gasteiger partial charge in [-0.15, -0.1) is 12.4 Å². The molecule has 84 valence electrons. The summed E-state index contributed by atoms with van der Waals surface area (Å²) in [4.78, 5) is 6.29. The number of nitrogens with one attached hydrogen (secondary N) is 1. The molecule has 0 aliphatic carbocycles. The summed E-state index contributed by atoms with van der Waals surface area (Å²) >= 11 is 0. The Balaban J connectivity index is 0.00000112. The average Bonchev–Trinajstić information content (AvgIpc) is 2.18. The van der Waals surface area contributed by atoms with E-state index >= 15 is 0 Å². The van der Waals surface area contributed by atoms with Gasteiger partial charge < -0.3 is 15.3 Å². The lowest BCUT2D eigenvalue weighted by Gasteiger charge is -2.32. The minimum atomic E-state index is 0. The van der Waals surface area contributed by atoms with Gasteiger partial charge >= 0.3 is 0 Å². The van der Waals surface area contributed by atoms with Gasteiger partial charge in [-0.25, -0.2) is 4.98 Å². The van der Waals surface area contributed by atoms with Gasteiger partial charge in [-0.05, 0) is 19.1 Å². The number of nitrogens with zero attached hydrogens (tertiary/aromatic N) is 2. The minimum Gasteiger partial charge on any atom is -0.504 e. The van der Waals surface area contributed by atoms with E-state index < -0.39 is 0 Å². The normalized spacial score (nSPS) is 20.9. The third-order valence-electron chi connectivity index (χ3n) is 2.43. The first kappa shape index (κ1) is 12.1. The molecule has 0 bridgehead atoms. The number of aromatic nitrogens is 1. The highest BCUT2D eigenvalue weighted by molar-refractivity contribution is 5.85. The minimum absolute atomic E-state index is 0. The number of anilines is 1. The molecule has 2 rings (SSSR count). The van der Waals surface area contributed by atoms with Gasteiger partial charge in [-0.2, -0.15) is 0 Å². The van der Waals surface area contributed by atoms with E-state index in [2.05, 4.69) is 22.1 Å². The topological polar surface area (TPSA) is 48.4 Å². The number of hydrogen-bond donors (Lipinski definition) is 2. The van der Waals surface area contributed by atoms with E-state index in [1.165, 1.54) is 0 Å². The second-order valence-electron chi connectivity index (χ2n) is 3.65. The van der Waals surface area contributed by atoms with Crippen molar-refractivity contribution >= 4 is 18.2 Å². The smallest absolute Gasteiger partial charge is 0.171 e. The molecule has 1 aliphatic heterocycles. The number of hydrogen-bond acceptors (Lipinski definition) is 4. The van der Waals surface area contributed by atoms with E-state index in [1.807, 2.05) is 0 Å². The van der Waals surface area contributed by atoms with Crippen molar-refractivity contribution in [2.45, 2.75) is 13.0 Å². The highest BCUT2D eigenvalue weighted by atomic mass is 35.5. The number of rotatable bonds is 1. The van der Waals surface area contributed by atoms with Gasteiger partial charge in [-0.1, -0.05) is 0 Å². The maximum Gasteiger partial charge on any atom is 0.171 e. The van der Waals surface area contributed by atoms with Gasteiger partial charge in [0.25, 0.3) is 0 Å². The van der Waals surface area contributed by atoms with Crippen LogP contribution in [0.5, 0.6) is 5.75 Å². The molecule has 15 heavy (non-hydrogen) atoms. The first-order valence-corrected chi connectivity index (χ1v) is 4.89. The molecule has 5 heteroatoms. The summed E-state index contributed by atoms with van der Waals surface area (Å²) in [6.07, 6.45) is 1.71. The molecule has 1 aromatic heterocycles. The van der Waals surface area contributed by atoms with Crippen LogP contribution in [-0.4, -0.2) is 35.8 Å². The third kappa shape index (κ3) is 2.73. The van der Waals surface area contributed by atoms with Crippen molar-refractivity contribution in [2.75, 3.05) is 24.5 Å². The Morgan fingerprint density at radius 2 is 2.40 bits per heavy atom. The molecule has 1 fully saturated rings.